The minimum absolute atomic E-state index is 0.146. The molecular weight excluding hydrogens is 258 g/mol. The Bertz CT molecular complexity index is 604. The molecule has 96 valence electrons. The molecule has 1 N–H and O–H groups in total. The molecule has 0 aliphatic carbocycles. The van der Waals surface area contributed by atoms with Crippen LogP contribution in [0.1, 0.15) is 29.8 Å². The molecule has 1 atom stereocenters. The largest absolute Gasteiger partial charge is 0.306 e. The van der Waals surface area contributed by atoms with E-state index in [1.165, 1.54) is 0 Å². The van der Waals surface area contributed by atoms with Crippen LogP contribution in [0.3, 0.4) is 0 Å². The molecule has 0 bridgehead atoms. The first kappa shape index (κ1) is 13.5. The van der Waals surface area contributed by atoms with E-state index < -0.39 is 0 Å². The second-order valence-corrected chi connectivity index (χ2v) is 4.69. The molecule has 3 nitrogen and oxygen atoms in total. The predicted octanol–water partition coefficient (Wildman–Crippen LogP) is 3.46. The molecule has 0 amide bonds. The lowest BCUT2D eigenvalue weighted by Crippen LogP contribution is -2.18. The standard InChI is InChI=1S/C15H14ClN3/c1-11(14-4-2-3-5-15(14)16)19-10-12-6-7-18-13(8-12)9-17/h2-8,11,19H,10H2,1H3/t11-/m0/s1. The second-order valence-electron chi connectivity index (χ2n) is 4.29. The molecule has 0 unspecified atom stereocenters. The number of aromatic nitrogens is 1. The Kier molecular flexibility index (Phi) is 4.51. The van der Waals surface area contributed by atoms with E-state index in [0.29, 0.717) is 12.2 Å². The fourth-order valence-electron chi connectivity index (χ4n) is 1.85. The number of benzene rings is 1. The molecule has 0 spiro atoms. The summed E-state index contributed by atoms with van der Waals surface area (Å²) in [6.45, 7) is 2.73. The monoisotopic (exact) mass is 271 g/mol. The van der Waals surface area contributed by atoms with Gasteiger partial charge in [0.25, 0.3) is 0 Å². The average molecular weight is 272 g/mol. The Balaban J connectivity index is 2.03. The lowest BCUT2D eigenvalue weighted by molar-refractivity contribution is 0.574. The lowest BCUT2D eigenvalue weighted by atomic mass is 10.1. The molecule has 1 heterocycles. The van der Waals surface area contributed by atoms with Crippen LogP contribution in [0.15, 0.2) is 42.6 Å². The molecule has 2 rings (SSSR count). The molecule has 19 heavy (non-hydrogen) atoms. The van der Waals surface area contributed by atoms with Gasteiger partial charge in [-0.1, -0.05) is 29.8 Å². The van der Waals surface area contributed by atoms with Gasteiger partial charge in [-0.15, -0.1) is 0 Å². The predicted molar refractivity (Wildman–Crippen MR) is 75.7 cm³/mol. The smallest absolute Gasteiger partial charge is 0.140 e. The van der Waals surface area contributed by atoms with Crippen molar-refractivity contribution in [2.75, 3.05) is 0 Å². The fraction of sp³-hybridized carbons (Fsp3) is 0.200. The number of nitrogens with zero attached hydrogens (tertiary/aromatic N) is 2. The maximum Gasteiger partial charge on any atom is 0.140 e. The highest BCUT2D eigenvalue weighted by atomic mass is 35.5. The third-order valence-electron chi connectivity index (χ3n) is 2.92. The van der Waals surface area contributed by atoms with Gasteiger partial charge in [-0.3, -0.25) is 0 Å². The molecule has 1 aromatic heterocycles. The number of nitriles is 1. The topological polar surface area (TPSA) is 48.7 Å². The van der Waals surface area contributed by atoms with Gasteiger partial charge >= 0.3 is 0 Å². The Morgan fingerprint density at radius 1 is 1.37 bits per heavy atom. The van der Waals surface area contributed by atoms with E-state index in [-0.39, 0.29) is 6.04 Å². The average Bonchev–Trinajstić information content (AvgIpc) is 2.45. The van der Waals surface area contributed by atoms with Crippen LogP contribution in [0.25, 0.3) is 0 Å². The zero-order valence-corrected chi connectivity index (χ0v) is 11.4. The highest BCUT2D eigenvalue weighted by Crippen LogP contribution is 2.22. The van der Waals surface area contributed by atoms with Crippen molar-refractivity contribution in [3.8, 4) is 6.07 Å². The van der Waals surface area contributed by atoms with Crippen molar-refractivity contribution in [2.45, 2.75) is 19.5 Å². The SMILES string of the molecule is C[C@H](NCc1ccnc(C#N)c1)c1ccccc1Cl. The minimum atomic E-state index is 0.146. The van der Waals surface area contributed by atoms with E-state index in [1.807, 2.05) is 36.4 Å². The van der Waals surface area contributed by atoms with E-state index >= 15 is 0 Å². The summed E-state index contributed by atoms with van der Waals surface area (Å²) in [5.41, 5.74) is 2.54. The van der Waals surface area contributed by atoms with Gasteiger partial charge in [0.2, 0.25) is 0 Å². The summed E-state index contributed by atoms with van der Waals surface area (Å²) < 4.78 is 0. The molecule has 0 saturated carbocycles. The summed E-state index contributed by atoms with van der Waals surface area (Å²) in [5, 5.41) is 12.9. The van der Waals surface area contributed by atoms with Crippen LogP contribution >= 0.6 is 11.6 Å². The van der Waals surface area contributed by atoms with Crippen molar-refractivity contribution in [1.82, 2.24) is 10.3 Å². The summed E-state index contributed by atoms with van der Waals surface area (Å²) >= 11 is 6.16. The summed E-state index contributed by atoms with van der Waals surface area (Å²) in [7, 11) is 0. The Hall–Kier alpha value is -1.89. The van der Waals surface area contributed by atoms with E-state index in [2.05, 4.69) is 17.2 Å². The van der Waals surface area contributed by atoms with E-state index in [4.69, 9.17) is 16.9 Å². The van der Waals surface area contributed by atoms with Gasteiger partial charge < -0.3 is 5.32 Å². The van der Waals surface area contributed by atoms with Gasteiger partial charge in [0.15, 0.2) is 0 Å². The van der Waals surface area contributed by atoms with E-state index in [1.54, 1.807) is 12.3 Å². The number of nitrogens with one attached hydrogen (secondary N) is 1. The number of hydrogen-bond acceptors (Lipinski definition) is 3. The van der Waals surface area contributed by atoms with Gasteiger partial charge in [0.1, 0.15) is 11.8 Å². The molecule has 0 saturated heterocycles. The number of pyridine rings is 1. The number of rotatable bonds is 4. The first-order chi connectivity index (χ1) is 9.20. The Labute approximate surface area is 117 Å². The van der Waals surface area contributed by atoms with Crippen LogP contribution in [0.2, 0.25) is 5.02 Å². The third-order valence-corrected chi connectivity index (χ3v) is 3.27. The van der Waals surface area contributed by atoms with Gasteiger partial charge in [-0.25, -0.2) is 4.98 Å². The maximum atomic E-state index is 8.80. The van der Waals surface area contributed by atoms with Crippen LogP contribution in [0, 0.1) is 11.3 Å². The van der Waals surface area contributed by atoms with Crippen LogP contribution < -0.4 is 5.32 Å². The second kappa shape index (κ2) is 6.33. The molecule has 0 radical (unpaired) electrons. The van der Waals surface area contributed by atoms with Crippen molar-refractivity contribution in [3.05, 3.63) is 64.4 Å². The van der Waals surface area contributed by atoms with Gasteiger partial charge in [0, 0.05) is 23.8 Å². The molecule has 0 fully saturated rings. The summed E-state index contributed by atoms with van der Waals surface area (Å²) in [5.74, 6) is 0. The molecular formula is C15H14ClN3. The van der Waals surface area contributed by atoms with E-state index in [0.717, 1.165) is 16.1 Å². The van der Waals surface area contributed by atoms with Crippen molar-refractivity contribution >= 4 is 11.6 Å². The molecule has 2 aromatic rings. The normalized spacial score (nSPS) is 11.8. The van der Waals surface area contributed by atoms with Gasteiger partial charge in [0.05, 0.1) is 0 Å². The quantitative estimate of drug-likeness (QED) is 0.926. The summed E-state index contributed by atoms with van der Waals surface area (Å²) in [4.78, 5) is 3.95. The van der Waals surface area contributed by atoms with Gasteiger partial charge in [-0.05, 0) is 36.2 Å². The maximum absolute atomic E-state index is 8.80. The minimum Gasteiger partial charge on any atom is -0.306 e. The third kappa shape index (κ3) is 3.54. The van der Waals surface area contributed by atoms with Crippen molar-refractivity contribution < 1.29 is 0 Å². The molecule has 0 aliphatic rings. The highest BCUT2D eigenvalue weighted by molar-refractivity contribution is 6.31. The molecule has 1 aromatic carbocycles. The van der Waals surface area contributed by atoms with Crippen LogP contribution in [-0.2, 0) is 6.54 Å². The fourth-order valence-corrected chi connectivity index (χ4v) is 2.15. The highest BCUT2D eigenvalue weighted by Gasteiger charge is 2.08. The first-order valence-electron chi connectivity index (χ1n) is 6.03. The summed E-state index contributed by atoms with van der Waals surface area (Å²) in [6, 6.07) is 13.6. The molecule has 4 heteroatoms. The van der Waals surface area contributed by atoms with Crippen LogP contribution in [-0.4, -0.2) is 4.98 Å². The lowest BCUT2D eigenvalue weighted by Gasteiger charge is -2.15. The summed E-state index contributed by atoms with van der Waals surface area (Å²) in [6.07, 6.45) is 1.65. The molecule has 0 aliphatic heterocycles. The van der Waals surface area contributed by atoms with Gasteiger partial charge in [-0.2, -0.15) is 5.26 Å². The van der Waals surface area contributed by atoms with Crippen molar-refractivity contribution in [2.24, 2.45) is 0 Å². The Morgan fingerprint density at radius 3 is 2.89 bits per heavy atom. The van der Waals surface area contributed by atoms with Crippen LogP contribution in [0.4, 0.5) is 0 Å². The Morgan fingerprint density at radius 2 is 2.16 bits per heavy atom. The zero-order valence-electron chi connectivity index (χ0n) is 10.6. The van der Waals surface area contributed by atoms with Crippen molar-refractivity contribution in [1.29, 1.82) is 5.26 Å². The number of halogens is 1. The first-order valence-corrected chi connectivity index (χ1v) is 6.41. The zero-order chi connectivity index (χ0) is 13.7. The number of hydrogen-bond donors (Lipinski definition) is 1. The van der Waals surface area contributed by atoms with E-state index in [9.17, 15) is 0 Å². The van der Waals surface area contributed by atoms with Crippen LogP contribution in [0.5, 0.6) is 0 Å². The van der Waals surface area contributed by atoms with Crippen molar-refractivity contribution in [3.63, 3.8) is 0 Å².